The first-order valence-corrected chi connectivity index (χ1v) is 7.41. The Morgan fingerprint density at radius 3 is 2.43 bits per heavy atom. The number of H-pyrrole nitrogens is 1. The van der Waals surface area contributed by atoms with E-state index in [-0.39, 0.29) is 5.56 Å². The zero-order chi connectivity index (χ0) is 17.0. The summed E-state index contributed by atoms with van der Waals surface area (Å²) in [5.41, 5.74) is -0.255. The van der Waals surface area contributed by atoms with Crippen molar-refractivity contribution >= 4 is 29.5 Å². The second-order valence-electron chi connectivity index (χ2n) is 6.67. The highest BCUT2D eigenvalue weighted by Crippen LogP contribution is 2.37. The first-order chi connectivity index (χ1) is 10.7. The molecule has 2 aromatic rings. The molecule has 0 amide bonds. The van der Waals surface area contributed by atoms with E-state index in [9.17, 15) is 9.18 Å². The summed E-state index contributed by atoms with van der Waals surface area (Å²) in [6.07, 6.45) is 1.64. The standard InChI is InChI=1S/C16H19BFNO4/c1-15(2)16(3,4)23-17(22-15)10-8-11(18)12(14(20)21-5)13-9(10)6-7-19-13/h6-8,19H,1-5H3. The third-order valence-corrected chi connectivity index (χ3v) is 4.73. The summed E-state index contributed by atoms with van der Waals surface area (Å²) >= 11 is 0. The van der Waals surface area contributed by atoms with Crippen LogP contribution in [0.5, 0.6) is 0 Å². The molecule has 2 heterocycles. The number of aromatic nitrogens is 1. The van der Waals surface area contributed by atoms with Gasteiger partial charge in [-0.05, 0) is 45.3 Å². The molecule has 1 saturated heterocycles. The topological polar surface area (TPSA) is 60.6 Å². The summed E-state index contributed by atoms with van der Waals surface area (Å²) < 4.78 is 31.1. The molecule has 122 valence electrons. The highest BCUT2D eigenvalue weighted by molar-refractivity contribution is 6.65. The molecule has 1 aliphatic heterocycles. The number of esters is 1. The maximum Gasteiger partial charge on any atom is 0.495 e. The second kappa shape index (κ2) is 5.07. The normalized spacial score (nSPS) is 19.3. The van der Waals surface area contributed by atoms with Crippen molar-refractivity contribution in [3.8, 4) is 0 Å². The number of nitrogens with one attached hydrogen (secondary N) is 1. The van der Waals surface area contributed by atoms with E-state index in [1.165, 1.54) is 13.2 Å². The Kier molecular flexibility index (Phi) is 3.53. The number of carbonyl (C=O) groups excluding carboxylic acids is 1. The minimum atomic E-state index is -0.726. The minimum absolute atomic E-state index is 0.118. The molecule has 23 heavy (non-hydrogen) atoms. The van der Waals surface area contributed by atoms with Gasteiger partial charge in [0, 0.05) is 11.6 Å². The Bertz CT molecular complexity index is 768. The van der Waals surface area contributed by atoms with Gasteiger partial charge in [-0.15, -0.1) is 0 Å². The van der Waals surface area contributed by atoms with Gasteiger partial charge in [0.1, 0.15) is 11.4 Å². The van der Waals surface area contributed by atoms with Crippen molar-refractivity contribution in [2.75, 3.05) is 7.11 Å². The third-order valence-electron chi connectivity index (χ3n) is 4.73. The summed E-state index contributed by atoms with van der Waals surface area (Å²) in [7, 11) is 0.512. The van der Waals surface area contributed by atoms with Crippen molar-refractivity contribution < 1.29 is 23.2 Å². The van der Waals surface area contributed by atoms with Crippen LogP contribution in [0, 0.1) is 5.82 Å². The lowest BCUT2D eigenvalue weighted by molar-refractivity contribution is 0.00578. The summed E-state index contributed by atoms with van der Waals surface area (Å²) in [6, 6.07) is 3.05. The molecule has 0 atom stereocenters. The highest BCUT2D eigenvalue weighted by atomic mass is 19.1. The molecular weight excluding hydrogens is 300 g/mol. The number of hydrogen-bond donors (Lipinski definition) is 1. The number of methoxy groups -OCH3 is 1. The van der Waals surface area contributed by atoms with Crippen molar-refractivity contribution in [3.63, 3.8) is 0 Å². The number of halogens is 1. The zero-order valence-corrected chi connectivity index (χ0v) is 13.8. The van der Waals surface area contributed by atoms with Gasteiger partial charge in [0.2, 0.25) is 0 Å². The monoisotopic (exact) mass is 319 g/mol. The molecule has 7 heteroatoms. The molecular formula is C16H19BFNO4. The van der Waals surface area contributed by atoms with Crippen LogP contribution in [0.25, 0.3) is 10.9 Å². The predicted molar refractivity (Wildman–Crippen MR) is 85.3 cm³/mol. The number of ether oxygens (including phenoxy) is 1. The van der Waals surface area contributed by atoms with Crippen molar-refractivity contribution in [1.82, 2.24) is 4.98 Å². The molecule has 1 fully saturated rings. The Labute approximate surface area is 134 Å². The fraction of sp³-hybridized carbons (Fsp3) is 0.438. The maximum absolute atomic E-state index is 14.5. The van der Waals surface area contributed by atoms with E-state index in [2.05, 4.69) is 9.72 Å². The van der Waals surface area contributed by atoms with Gasteiger partial charge in [-0.1, -0.05) is 0 Å². The predicted octanol–water partition coefficient (Wildman–Crippen LogP) is 2.39. The van der Waals surface area contributed by atoms with E-state index >= 15 is 0 Å². The molecule has 0 unspecified atom stereocenters. The molecule has 1 aliphatic rings. The summed E-state index contributed by atoms with van der Waals surface area (Å²) in [5.74, 6) is -1.40. The van der Waals surface area contributed by atoms with Crippen molar-refractivity contribution in [2.45, 2.75) is 38.9 Å². The van der Waals surface area contributed by atoms with E-state index in [0.717, 1.165) is 0 Å². The second-order valence-corrected chi connectivity index (χ2v) is 6.67. The van der Waals surface area contributed by atoms with E-state index in [4.69, 9.17) is 9.31 Å². The third kappa shape index (κ3) is 2.35. The molecule has 1 N–H and O–H groups in total. The molecule has 1 aromatic carbocycles. The number of aromatic amines is 1. The van der Waals surface area contributed by atoms with Gasteiger partial charge >= 0.3 is 13.1 Å². The van der Waals surface area contributed by atoms with Crippen molar-refractivity contribution in [2.24, 2.45) is 0 Å². The molecule has 3 rings (SSSR count). The summed E-state index contributed by atoms with van der Waals surface area (Å²) in [4.78, 5) is 14.7. The number of carbonyl (C=O) groups is 1. The number of rotatable bonds is 2. The van der Waals surface area contributed by atoms with Crippen LogP contribution in [-0.2, 0) is 14.0 Å². The van der Waals surface area contributed by atoms with Gasteiger partial charge in [0.15, 0.2) is 0 Å². The van der Waals surface area contributed by atoms with Gasteiger partial charge in [0.25, 0.3) is 0 Å². The molecule has 0 radical (unpaired) electrons. The quantitative estimate of drug-likeness (QED) is 0.682. The van der Waals surface area contributed by atoms with Crippen LogP contribution in [0.1, 0.15) is 38.1 Å². The van der Waals surface area contributed by atoms with E-state index in [1.807, 2.05) is 27.7 Å². The van der Waals surface area contributed by atoms with Crippen LogP contribution >= 0.6 is 0 Å². The fourth-order valence-electron chi connectivity index (χ4n) is 2.69. The number of benzene rings is 1. The van der Waals surface area contributed by atoms with Crippen LogP contribution in [0.4, 0.5) is 4.39 Å². The van der Waals surface area contributed by atoms with Gasteiger partial charge < -0.3 is 19.0 Å². The average Bonchev–Trinajstić information content (AvgIpc) is 3.00. The maximum atomic E-state index is 14.5. The molecule has 5 nitrogen and oxygen atoms in total. The average molecular weight is 319 g/mol. The lowest BCUT2D eigenvalue weighted by atomic mass is 9.76. The van der Waals surface area contributed by atoms with Crippen LogP contribution in [0.15, 0.2) is 18.3 Å². The summed E-state index contributed by atoms with van der Waals surface area (Å²) in [6.45, 7) is 7.72. The van der Waals surface area contributed by atoms with Gasteiger partial charge in [0.05, 0.1) is 23.8 Å². The Morgan fingerprint density at radius 2 is 1.87 bits per heavy atom. The SMILES string of the molecule is COC(=O)c1c(F)cc(B2OC(C)(C)C(C)(C)O2)c2cc[nH]c12. The van der Waals surface area contributed by atoms with Crippen molar-refractivity contribution in [1.29, 1.82) is 0 Å². The summed E-state index contributed by atoms with van der Waals surface area (Å²) in [5, 5.41) is 0.672. The fourth-order valence-corrected chi connectivity index (χ4v) is 2.69. The molecule has 0 aliphatic carbocycles. The molecule has 0 spiro atoms. The van der Waals surface area contributed by atoms with E-state index in [0.29, 0.717) is 16.4 Å². The molecule has 0 bridgehead atoms. The first-order valence-electron chi connectivity index (χ1n) is 7.41. The van der Waals surface area contributed by atoms with Crippen LogP contribution in [0.2, 0.25) is 0 Å². The number of fused-ring (bicyclic) bond motifs is 1. The number of hydrogen-bond acceptors (Lipinski definition) is 4. The Hall–Kier alpha value is -1.86. The van der Waals surface area contributed by atoms with Gasteiger partial charge in [-0.2, -0.15) is 0 Å². The highest BCUT2D eigenvalue weighted by Gasteiger charge is 2.52. The largest absolute Gasteiger partial charge is 0.495 e. The van der Waals surface area contributed by atoms with Crippen LogP contribution < -0.4 is 5.46 Å². The molecule has 1 aromatic heterocycles. The Balaban J connectivity index is 2.15. The smallest absolute Gasteiger partial charge is 0.465 e. The zero-order valence-electron chi connectivity index (χ0n) is 13.8. The van der Waals surface area contributed by atoms with Gasteiger partial charge in [-0.25, -0.2) is 9.18 Å². The lowest BCUT2D eigenvalue weighted by Crippen LogP contribution is -2.41. The van der Waals surface area contributed by atoms with E-state index in [1.54, 1.807) is 12.3 Å². The molecule has 0 saturated carbocycles. The first kappa shape index (κ1) is 16.0. The Morgan fingerprint density at radius 1 is 1.26 bits per heavy atom. The van der Waals surface area contributed by atoms with Crippen molar-refractivity contribution in [3.05, 3.63) is 29.7 Å². The van der Waals surface area contributed by atoms with Gasteiger partial charge in [-0.3, -0.25) is 0 Å². The lowest BCUT2D eigenvalue weighted by Gasteiger charge is -2.32. The van der Waals surface area contributed by atoms with Crippen LogP contribution in [-0.4, -0.2) is 36.4 Å². The minimum Gasteiger partial charge on any atom is -0.465 e. The van der Waals surface area contributed by atoms with Crippen LogP contribution in [0.3, 0.4) is 0 Å². The van der Waals surface area contributed by atoms with E-state index < -0.39 is 30.1 Å².